The standard InChI is InChI=1S/C17H24BrNO/c1-19-11-14-9-16(19)8-6-12(14)3-4-13-5-7-15(18)10-17(13)20-2/h5,7,10,12,14,16H,3-4,6,8-9,11H2,1-2H3/t12?,14-,16+/m1/s1. The summed E-state index contributed by atoms with van der Waals surface area (Å²) in [5, 5.41) is 0. The fourth-order valence-corrected chi connectivity index (χ4v) is 4.43. The number of likely N-dealkylation sites (tertiary alicyclic amines) is 1. The molecule has 0 aromatic heterocycles. The Hall–Kier alpha value is -0.540. The summed E-state index contributed by atoms with van der Waals surface area (Å²) in [5.74, 6) is 2.86. The molecule has 1 saturated heterocycles. The van der Waals surface area contributed by atoms with E-state index in [4.69, 9.17) is 4.74 Å². The summed E-state index contributed by atoms with van der Waals surface area (Å²) in [6, 6.07) is 7.28. The Bertz CT molecular complexity index is 474. The van der Waals surface area contributed by atoms with Gasteiger partial charge in [-0.1, -0.05) is 22.0 Å². The molecule has 1 saturated carbocycles. The molecule has 0 amide bonds. The summed E-state index contributed by atoms with van der Waals surface area (Å²) in [5.41, 5.74) is 1.35. The maximum atomic E-state index is 5.51. The van der Waals surface area contributed by atoms with Crippen LogP contribution in [0.3, 0.4) is 0 Å². The maximum absolute atomic E-state index is 5.51. The molecule has 0 spiro atoms. The van der Waals surface area contributed by atoms with Crippen LogP contribution in [-0.4, -0.2) is 31.6 Å². The van der Waals surface area contributed by atoms with E-state index in [1.165, 1.54) is 37.8 Å². The monoisotopic (exact) mass is 337 g/mol. The van der Waals surface area contributed by atoms with Gasteiger partial charge in [-0.25, -0.2) is 0 Å². The molecule has 0 radical (unpaired) electrons. The molecule has 1 heterocycles. The van der Waals surface area contributed by atoms with Crippen molar-refractivity contribution in [2.45, 2.75) is 38.1 Å². The average Bonchev–Trinajstić information content (AvgIpc) is 2.75. The lowest BCUT2D eigenvalue weighted by Gasteiger charge is -2.28. The smallest absolute Gasteiger partial charge is 0.123 e. The van der Waals surface area contributed by atoms with Gasteiger partial charge in [0.1, 0.15) is 5.75 Å². The Morgan fingerprint density at radius 2 is 2.20 bits per heavy atom. The van der Waals surface area contributed by atoms with E-state index in [2.05, 4.69) is 46.1 Å². The molecule has 1 aromatic rings. The minimum Gasteiger partial charge on any atom is -0.496 e. The van der Waals surface area contributed by atoms with Crippen molar-refractivity contribution in [1.29, 1.82) is 0 Å². The van der Waals surface area contributed by atoms with Crippen molar-refractivity contribution in [3.8, 4) is 5.75 Å². The maximum Gasteiger partial charge on any atom is 0.123 e. The number of rotatable bonds is 4. The highest BCUT2D eigenvalue weighted by molar-refractivity contribution is 9.10. The fraction of sp³-hybridized carbons (Fsp3) is 0.647. The summed E-state index contributed by atoms with van der Waals surface area (Å²) in [7, 11) is 4.06. The summed E-state index contributed by atoms with van der Waals surface area (Å²) in [6.07, 6.45) is 6.70. The van der Waals surface area contributed by atoms with Crippen molar-refractivity contribution in [2.24, 2.45) is 11.8 Å². The third-order valence-electron chi connectivity index (χ3n) is 5.29. The minimum atomic E-state index is 0.874. The second kappa shape index (κ2) is 6.07. The van der Waals surface area contributed by atoms with Crippen LogP contribution in [0.4, 0.5) is 0 Å². The van der Waals surface area contributed by atoms with Crippen LogP contribution in [0.1, 0.15) is 31.2 Å². The fourth-order valence-electron chi connectivity index (χ4n) is 4.09. The van der Waals surface area contributed by atoms with Gasteiger partial charge in [0.25, 0.3) is 0 Å². The number of nitrogens with zero attached hydrogens (tertiary/aromatic N) is 1. The lowest BCUT2D eigenvalue weighted by atomic mass is 9.77. The van der Waals surface area contributed by atoms with Crippen LogP contribution in [0.2, 0.25) is 0 Å². The predicted molar refractivity (Wildman–Crippen MR) is 86.3 cm³/mol. The zero-order chi connectivity index (χ0) is 14.1. The third-order valence-corrected chi connectivity index (χ3v) is 5.78. The van der Waals surface area contributed by atoms with Crippen LogP contribution in [0.5, 0.6) is 5.75 Å². The Labute approximate surface area is 130 Å². The van der Waals surface area contributed by atoms with Crippen LogP contribution in [0.15, 0.2) is 22.7 Å². The number of ether oxygens (including phenoxy) is 1. The van der Waals surface area contributed by atoms with Crippen LogP contribution in [0, 0.1) is 11.8 Å². The first-order valence-electron chi connectivity index (χ1n) is 7.70. The third kappa shape index (κ3) is 2.89. The van der Waals surface area contributed by atoms with Gasteiger partial charge in [-0.15, -0.1) is 0 Å². The molecular weight excluding hydrogens is 314 g/mol. The van der Waals surface area contributed by atoms with Crippen LogP contribution in [0.25, 0.3) is 0 Å². The van der Waals surface area contributed by atoms with Gasteiger partial charge in [-0.05, 0) is 68.7 Å². The van der Waals surface area contributed by atoms with Gasteiger partial charge in [0.15, 0.2) is 0 Å². The highest BCUT2D eigenvalue weighted by atomic mass is 79.9. The number of methoxy groups -OCH3 is 1. The minimum absolute atomic E-state index is 0.874. The van der Waals surface area contributed by atoms with E-state index in [0.29, 0.717) is 0 Å². The normalized spacial score (nSPS) is 29.6. The molecule has 3 heteroatoms. The Morgan fingerprint density at radius 1 is 1.35 bits per heavy atom. The molecule has 1 aliphatic carbocycles. The predicted octanol–water partition coefficient (Wildman–Crippen LogP) is 4.12. The van der Waals surface area contributed by atoms with Gasteiger partial charge < -0.3 is 9.64 Å². The molecule has 2 fully saturated rings. The molecule has 0 N–H and O–H groups in total. The van der Waals surface area contributed by atoms with Crippen molar-refractivity contribution >= 4 is 15.9 Å². The summed E-state index contributed by atoms with van der Waals surface area (Å²) in [6.45, 7) is 1.31. The molecule has 1 unspecified atom stereocenters. The lowest BCUT2D eigenvalue weighted by Crippen LogP contribution is -2.25. The van der Waals surface area contributed by atoms with Gasteiger partial charge in [0.05, 0.1) is 7.11 Å². The molecule has 1 aromatic carbocycles. The molecule has 2 bridgehead atoms. The van der Waals surface area contributed by atoms with E-state index in [1.54, 1.807) is 7.11 Å². The highest BCUT2D eigenvalue weighted by Crippen LogP contribution is 2.41. The van der Waals surface area contributed by atoms with Gasteiger partial charge in [-0.3, -0.25) is 0 Å². The van der Waals surface area contributed by atoms with E-state index in [1.807, 2.05) is 0 Å². The molecule has 110 valence electrons. The Balaban J connectivity index is 1.62. The van der Waals surface area contributed by atoms with Gasteiger partial charge in [0.2, 0.25) is 0 Å². The number of hydrogen-bond acceptors (Lipinski definition) is 2. The van der Waals surface area contributed by atoms with Gasteiger partial charge in [-0.2, -0.15) is 0 Å². The van der Waals surface area contributed by atoms with E-state index in [-0.39, 0.29) is 0 Å². The summed E-state index contributed by atoms with van der Waals surface area (Å²) in [4.78, 5) is 2.57. The molecule has 3 rings (SSSR count). The zero-order valence-corrected chi connectivity index (χ0v) is 14.0. The van der Waals surface area contributed by atoms with Gasteiger partial charge >= 0.3 is 0 Å². The van der Waals surface area contributed by atoms with E-state index >= 15 is 0 Å². The molecule has 2 nitrogen and oxygen atoms in total. The number of benzene rings is 1. The van der Waals surface area contributed by atoms with Crippen molar-refractivity contribution in [3.05, 3.63) is 28.2 Å². The van der Waals surface area contributed by atoms with E-state index in [0.717, 1.165) is 34.5 Å². The van der Waals surface area contributed by atoms with Crippen molar-refractivity contribution in [3.63, 3.8) is 0 Å². The lowest BCUT2D eigenvalue weighted by molar-refractivity contribution is 0.251. The SMILES string of the molecule is COc1cc(Br)ccc1CCC1CC[C@H]2C[C@@H]1CN2C. The number of aryl methyl sites for hydroxylation is 1. The highest BCUT2D eigenvalue weighted by Gasteiger charge is 2.38. The first-order valence-corrected chi connectivity index (χ1v) is 8.49. The van der Waals surface area contributed by atoms with Crippen molar-refractivity contribution < 1.29 is 4.74 Å². The van der Waals surface area contributed by atoms with Gasteiger partial charge in [0, 0.05) is 17.1 Å². The molecule has 2 aliphatic rings. The summed E-state index contributed by atoms with van der Waals surface area (Å²) < 4.78 is 6.60. The van der Waals surface area contributed by atoms with Crippen molar-refractivity contribution in [2.75, 3.05) is 20.7 Å². The first-order chi connectivity index (χ1) is 9.67. The second-order valence-corrected chi connectivity index (χ2v) is 7.34. The second-order valence-electron chi connectivity index (χ2n) is 6.42. The Kier molecular flexibility index (Phi) is 4.37. The topological polar surface area (TPSA) is 12.5 Å². The number of halogens is 1. The molecular formula is C17H24BrNO. The van der Waals surface area contributed by atoms with Crippen LogP contribution >= 0.6 is 15.9 Å². The largest absolute Gasteiger partial charge is 0.496 e. The number of fused-ring (bicyclic) bond motifs is 2. The van der Waals surface area contributed by atoms with E-state index < -0.39 is 0 Å². The summed E-state index contributed by atoms with van der Waals surface area (Å²) >= 11 is 3.51. The quantitative estimate of drug-likeness (QED) is 0.819. The number of hydrogen-bond donors (Lipinski definition) is 0. The van der Waals surface area contributed by atoms with Crippen molar-refractivity contribution in [1.82, 2.24) is 4.90 Å². The molecule has 3 atom stereocenters. The first kappa shape index (κ1) is 14.4. The van der Waals surface area contributed by atoms with Crippen LogP contribution in [-0.2, 0) is 6.42 Å². The van der Waals surface area contributed by atoms with Crippen LogP contribution < -0.4 is 4.74 Å². The Morgan fingerprint density at radius 3 is 3.00 bits per heavy atom. The average molecular weight is 338 g/mol. The molecule has 20 heavy (non-hydrogen) atoms. The van der Waals surface area contributed by atoms with E-state index in [9.17, 15) is 0 Å². The molecule has 1 aliphatic heterocycles. The zero-order valence-electron chi connectivity index (χ0n) is 12.4.